The normalized spacial score (nSPS) is 17.5. The van der Waals surface area contributed by atoms with Crippen LogP contribution in [0, 0.1) is 0 Å². The second-order valence-electron chi connectivity index (χ2n) is 6.56. The van der Waals surface area contributed by atoms with Crippen LogP contribution in [0.3, 0.4) is 0 Å². The zero-order valence-corrected chi connectivity index (χ0v) is 13.0. The molecule has 0 saturated heterocycles. The highest BCUT2D eigenvalue weighted by Crippen LogP contribution is 2.26. The third kappa shape index (κ3) is 3.32. The van der Waals surface area contributed by atoms with E-state index in [2.05, 4.69) is 18.2 Å². The molecule has 0 bridgehead atoms. The standard InChI is InChI=1S/C18H24N2O2/c19-17(21)12-20(16-6-1-2-7-16)18(22)11-13-8-9-14-4-3-5-15(14)10-13/h8-10,16H,1-7,11-12H2,(H2,19,21). The van der Waals surface area contributed by atoms with Gasteiger partial charge in [0.25, 0.3) is 0 Å². The summed E-state index contributed by atoms with van der Waals surface area (Å²) in [4.78, 5) is 25.7. The average molecular weight is 300 g/mol. The Morgan fingerprint density at radius 2 is 1.82 bits per heavy atom. The van der Waals surface area contributed by atoms with Crippen molar-refractivity contribution in [2.45, 2.75) is 57.4 Å². The zero-order valence-electron chi connectivity index (χ0n) is 13.0. The van der Waals surface area contributed by atoms with Crippen LogP contribution in [0.5, 0.6) is 0 Å². The first-order valence-corrected chi connectivity index (χ1v) is 8.32. The topological polar surface area (TPSA) is 63.4 Å². The summed E-state index contributed by atoms with van der Waals surface area (Å²) in [6, 6.07) is 6.56. The van der Waals surface area contributed by atoms with Crippen molar-refractivity contribution in [3.05, 3.63) is 34.9 Å². The molecule has 1 saturated carbocycles. The number of nitrogens with zero attached hydrogens (tertiary/aromatic N) is 1. The minimum absolute atomic E-state index is 0.0312. The van der Waals surface area contributed by atoms with Crippen LogP contribution in [0.2, 0.25) is 0 Å². The van der Waals surface area contributed by atoms with Gasteiger partial charge in [-0.15, -0.1) is 0 Å². The van der Waals surface area contributed by atoms with Gasteiger partial charge < -0.3 is 10.6 Å². The Kier molecular flexibility index (Phi) is 4.46. The Balaban J connectivity index is 1.71. The minimum atomic E-state index is -0.422. The van der Waals surface area contributed by atoms with Gasteiger partial charge in [-0.25, -0.2) is 0 Å². The molecule has 4 heteroatoms. The highest BCUT2D eigenvalue weighted by Gasteiger charge is 2.27. The van der Waals surface area contributed by atoms with Crippen molar-refractivity contribution in [3.8, 4) is 0 Å². The summed E-state index contributed by atoms with van der Waals surface area (Å²) in [7, 11) is 0. The van der Waals surface area contributed by atoms with Crippen LogP contribution in [0.25, 0.3) is 0 Å². The van der Waals surface area contributed by atoms with E-state index in [0.717, 1.165) is 44.1 Å². The molecule has 0 aromatic heterocycles. The van der Waals surface area contributed by atoms with Gasteiger partial charge >= 0.3 is 0 Å². The smallest absolute Gasteiger partial charge is 0.237 e. The van der Waals surface area contributed by atoms with Crippen LogP contribution in [0.15, 0.2) is 18.2 Å². The SMILES string of the molecule is NC(=O)CN(C(=O)Cc1ccc2c(c1)CCC2)C1CCCC1. The maximum absolute atomic E-state index is 12.7. The van der Waals surface area contributed by atoms with Gasteiger partial charge in [-0.3, -0.25) is 9.59 Å². The van der Waals surface area contributed by atoms with Gasteiger partial charge in [-0.2, -0.15) is 0 Å². The molecule has 1 aromatic carbocycles. The molecule has 4 nitrogen and oxygen atoms in total. The fourth-order valence-electron chi connectivity index (χ4n) is 3.82. The molecule has 0 radical (unpaired) electrons. The second kappa shape index (κ2) is 6.51. The monoisotopic (exact) mass is 300 g/mol. The Morgan fingerprint density at radius 3 is 2.55 bits per heavy atom. The Bertz CT molecular complexity index is 576. The van der Waals surface area contributed by atoms with Crippen molar-refractivity contribution >= 4 is 11.8 Å². The van der Waals surface area contributed by atoms with E-state index in [9.17, 15) is 9.59 Å². The van der Waals surface area contributed by atoms with Crippen LogP contribution in [-0.4, -0.2) is 29.3 Å². The third-order valence-corrected chi connectivity index (χ3v) is 4.93. The first-order chi connectivity index (χ1) is 10.6. The van der Waals surface area contributed by atoms with Gasteiger partial charge in [0.15, 0.2) is 0 Å². The fraction of sp³-hybridized carbons (Fsp3) is 0.556. The predicted molar refractivity (Wildman–Crippen MR) is 85.3 cm³/mol. The third-order valence-electron chi connectivity index (χ3n) is 4.93. The van der Waals surface area contributed by atoms with Gasteiger partial charge in [0.1, 0.15) is 0 Å². The summed E-state index contributed by atoms with van der Waals surface area (Å²) >= 11 is 0. The van der Waals surface area contributed by atoms with Crippen molar-refractivity contribution in [1.29, 1.82) is 0 Å². The number of aryl methyl sites for hydroxylation is 2. The summed E-state index contributed by atoms with van der Waals surface area (Å²) in [6.45, 7) is 0.0500. The van der Waals surface area contributed by atoms with E-state index < -0.39 is 5.91 Å². The van der Waals surface area contributed by atoms with E-state index in [4.69, 9.17) is 5.73 Å². The number of amides is 2. The van der Waals surface area contributed by atoms with E-state index in [1.54, 1.807) is 4.90 Å². The van der Waals surface area contributed by atoms with Crippen molar-refractivity contribution in [2.24, 2.45) is 5.73 Å². The van der Waals surface area contributed by atoms with Crippen molar-refractivity contribution in [1.82, 2.24) is 4.90 Å². The zero-order chi connectivity index (χ0) is 15.5. The minimum Gasteiger partial charge on any atom is -0.368 e. The van der Waals surface area contributed by atoms with E-state index in [-0.39, 0.29) is 18.5 Å². The highest BCUT2D eigenvalue weighted by molar-refractivity contribution is 5.85. The molecule has 2 aliphatic carbocycles. The van der Waals surface area contributed by atoms with Gasteiger partial charge in [0.2, 0.25) is 11.8 Å². The Morgan fingerprint density at radius 1 is 1.09 bits per heavy atom. The van der Waals surface area contributed by atoms with Crippen molar-refractivity contribution < 1.29 is 9.59 Å². The second-order valence-corrected chi connectivity index (χ2v) is 6.56. The molecular formula is C18H24N2O2. The van der Waals surface area contributed by atoms with E-state index >= 15 is 0 Å². The predicted octanol–water partition coefficient (Wildman–Crippen LogP) is 1.97. The molecule has 1 aromatic rings. The van der Waals surface area contributed by atoms with Gasteiger partial charge in [-0.05, 0) is 48.8 Å². The summed E-state index contributed by atoms with van der Waals surface area (Å²) < 4.78 is 0. The van der Waals surface area contributed by atoms with E-state index in [1.807, 2.05) is 0 Å². The van der Waals surface area contributed by atoms with Crippen LogP contribution < -0.4 is 5.73 Å². The van der Waals surface area contributed by atoms with Gasteiger partial charge in [0.05, 0.1) is 13.0 Å². The molecule has 0 unspecified atom stereocenters. The lowest BCUT2D eigenvalue weighted by Gasteiger charge is -2.28. The summed E-state index contributed by atoms with van der Waals surface area (Å²) in [5.74, 6) is -0.391. The summed E-state index contributed by atoms with van der Waals surface area (Å²) in [6.07, 6.45) is 8.09. The molecule has 2 amide bonds. The molecule has 0 atom stereocenters. The fourth-order valence-corrected chi connectivity index (χ4v) is 3.82. The van der Waals surface area contributed by atoms with E-state index in [0.29, 0.717) is 6.42 Å². The lowest BCUT2D eigenvalue weighted by atomic mass is 10.0. The first kappa shape index (κ1) is 15.1. The van der Waals surface area contributed by atoms with Crippen LogP contribution in [0.1, 0.15) is 48.8 Å². The highest BCUT2D eigenvalue weighted by atomic mass is 16.2. The molecule has 118 valence electrons. The molecule has 0 aliphatic heterocycles. The van der Waals surface area contributed by atoms with Crippen molar-refractivity contribution in [2.75, 3.05) is 6.54 Å². The number of nitrogens with two attached hydrogens (primary N) is 1. The molecule has 2 N–H and O–H groups in total. The lowest BCUT2D eigenvalue weighted by Crippen LogP contribution is -2.44. The maximum atomic E-state index is 12.7. The maximum Gasteiger partial charge on any atom is 0.237 e. The number of rotatable bonds is 5. The molecule has 3 rings (SSSR count). The number of fused-ring (bicyclic) bond motifs is 1. The molecule has 1 fully saturated rings. The van der Waals surface area contributed by atoms with Crippen LogP contribution in [0.4, 0.5) is 0 Å². The molecular weight excluding hydrogens is 276 g/mol. The largest absolute Gasteiger partial charge is 0.368 e. The van der Waals surface area contributed by atoms with Crippen LogP contribution >= 0.6 is 0 Å². The van der Waals surface area contributed by atoms with Crippen molar-refractivity contribution in [3.63, 3.8) is 0 Å². The quantitative estimate of drug-likeness (QED) is 0.903. The number of carbonyl (C=O) groups excluding carboxylic acids is 2. The molecule has 2 aliphatic rings. The van der Waals surface area contributed by atoms with E-state index in [1.165, 1.54) is 17.5 Å². The summed E-state index contributed by atoms with van der Waals surface area (Å²) in [5.41, 5.74) is 9.19. The van der Waals surface area contributed by atoms with Crippen LogP contribution in [-0.2, 0) is 28.9 Å². The molecule has 22 heavy (non-hydrogen) atoms. The average Bonchev–Trinajstić information content (AvgIpc) is 3.15. The number of carbonyl (C=O) groups is 2. The molecule has 0 spiro atoms. The van der Waals surface area contributed by atoms with Gasteiger partial charge in [0, 0.05) is 6.04 Å². The van der Waals surface area contributed by atoms with Gasteiger partial charge in [-0.1, -0.05) is 31.0 Å². The lowest BCUT2D eigenvalue weighted by molar-refractivity contribution is -0.136. The number of hydrogen-bond acceptors (Lipinski definition) is 2. The Hall–Kier alpha value is -1.84. The number of benzene rings is 1. The molecule has 0 heterocycles. The first-order valence-electron chi connectivity index (χ1n) is 8.32. The summed E-state index contributed by atoms with van der Waals surface area (Å²) in [5, 5.41) is 0. The number of hydrogen-bond donors (Lipinski definition) is 1. The number of primary amides is 1. The Labute approximate surface area is 131 Å².